The lowest BCUT2D eigenvalue weighted by molar-refractivity contribution is 0.0930. The Bertz CT molecular complexity index is 559. The Labute approximate surface area is 116 Å². The van der Waals surface area contributed by atoms with E-state index in [-0.39, 0.29) is 11.9 Å². The fourth-order valence-electron chi connectivity index (χ4n) is 2.29. The highest BCUT2D eigenvalue weighted by Gasteiger charge is 2.16. The van der Waals surface area contributed by atoms with E-state index in [0.29, 0.717) is 5.56 Å². The van der Waals surface area contributed by atoms with Crippen molar-refractivity contribution in [1.82, 2.24) is 30.8 Å². The minimum absolute atomic E-state index is 0.0398. The third kappa shape index (κ3) is 2.83. The molecule has 1 amide bonds. The van der Waals surface area contributed by atoms with Crippen molar-refractivity contribution >= 4 is 5.91 Å². The van der Waals surface area contributed by atoms with Crippen LogP contribution < -0.4 is 10.6 Å². The molecule has 1 aliphatic heterocycles. The predicted octanol–water partition coefficient (Wildman–Crippen LogP) is 0.144. The van der Waals surface area contributed by atoms with Crippen molar-refractivity contribution in [2.45, 2.75) is 18.9 Å². The van der Waals surface area contributed by atoms with Crippen molar-refractivity contribution in [3.05, 3.63) is 36.2 Å². The van der Waals surface area contributed by atoms with E-state index in [1.165, 1.54) is 6.33 Å². The van der Waals surface area contributed by atoms with E-state index >= 15 is 0 Å². The first-order valence-electron chi connectivity index (χ1n) is 6.68. The number of amides is 1. The number of rotatable bonds is 3. The maximum absolute atomic E-state index is 12.1. The molecule has 1 fully saturated rings. The summed E-state index contributed by atoms with van der Waals surface area (Å²) >= 11 is 0. The van der Waals surface area contributed by atoms with Crippen LogP contribution in [0.1, 0.15) is 23.2 Å². The number of tetrazole rings is 1. The summed E-state index contributed by atoms with van der Waals surface area (Å²) in [6.07, 6.45) is 3.65. The van der Waals surface area contributed by atoms with Gasteiger partial charge < -0.3 is 10.6 Å². The fraction of sp³-hybridized carbons (Fsp3) is 0.385. The monoisotopic (exact) mass is 272 g/mol. The largest absolute Gasteiger partial charge is 0.348 e. The standard InChI is InChI=1S/C13H16N6O/c20-13(16-11-2-1-7-14-8-11)10-3-5-12(6-4-10)19-9-15-17-18-19/h3-6,9,11,14H,1-2,7-8H2,(H,16,20). The third-order valence-corrected chi connectivity index (χ3v) is 3.38. The lowest BCUT2D eigenvalue weighted by Crippen LogP contribution is -2.45. The maximum atomic E-state index is 12.1. The average Bonchev–Trinajstić information content (AvgIpc) is 3.03. The molecule has 7 heteroatoms. The van der Waals surface area contributed by atoms with E-state index in [1.807, 2.05) is 12.1 Å². The van der Waals surface area contributed by atoms with Crippen molar-refractivity contribution in [2.24, 2.45) is 0 Å². The van der Waals surface area contributed by atoms with Gasteiger partial charge in [0.25, 0.3) is 5.91 Å². The highest BCUT2D eigenvalue weighted by molar-refractivity contribution is 5.94. The maximum Gasteiger partial charge on any atom is 0.251 e. The molecule has 2 heterocycles. The number of hydrogen-bond donors (Lipinski definition) is 2. The average molecular weight is 272 g/mol. The number of carbonyl (C=O) groups excluding carboxylic acids is 1. The molecule has 0 bridgehead atoms. The molecule has 0 aliphatic carbocycles. The molecule has 2 N–H and O–H groups in total. The van der Waals surface area contributed by atoms with Gasteiger partial charge in [0.15, 0.2) is 0 Å². The first kappa shape index (κ1) is 12.7. The van der Waals surface area contributed by atoms with Crippen molar-refractivity contribution in [3.8, 4) is 5.69 Å². The molecular weight excluding hydrogens is 256 g/mol. The molecule has 1 aromatic carbocycles. The van der Waals surface area contributed by atoms with Gasteiger partial charge in [-0.3, -0.25) is 4.79 Å². The van der Waals surface area contributed by atoms with Gasteiger partial charge in [-0.1, -0.05) is 0 Å². The van der Waals surface area contributed by atoms with Crippen LogP contribution in [0.15, 0.2) is 30.6 Å². The molecule has 3 rings (SSSR count). The second-order valence-electron chi connectivity index (χ2n) is 4.82. The van der Waals surface area contributed by atoms with E-state index in [0.717, 1.165) is 31.6 Å². The molecule has 0 saturated carbocycles. The van der Waals surface area contributed by atoms with Gasteiger partial charge >= 0.3 is 0 Å². The Morgan fingerprint density at radius 3 is 2.85 bits per heavy atom. The van der Waals surface area contributed by atoms with Crippen molar-refractivity contribution < 1.29 is 4.79 Å². The van der Waals surface area contributed by atoms with Crippen LogP contribution in [0.2, 0.25) is 0 Å². The van der Waals surface area contributed by atoms with Crippen molar-refractivity contribution in [3.63, 3.8) is 0 Å². The first-order valence-corrected chi connectivity index (χ1v) is 6.68. The second-order valence-corrected chi connectivity index (χ2v) is 4.82. The molecule has 104 valence electrons. The van der Waals surface area contributed by atoms with E-state index in [2.05, 4.69) is 26.2 Å². The Morgan fingerprint density at radius 1 is 1.35 bits per heavy atom. The molecule has 1 saturated heterocycles. The van der Waals surface area contributed by atoms with Crippen LogP contribution >= 0.6 is 0 Å². The van der Waals surface area contributed by atoms with Gasteiger partial charge in [0.2, 0.25) is 0 Å². The van der Waals surface area contributed by atoms with Crippen molar-refractivity contribution in [1.29, 1.82) is 0 Å². The molecule has 1 aliphatic rings. The molecule has 1 unspecified atom stereocenters. The van der Waals surface area contributed by atoms with Crippen LogP contribution in [0.3, 0.4) is 0 Å². The lowest BCUT2D eigenvalue weighted by Gasteiger charge is -2.23. The van der Waals surface area contributed by atoms with Crippen LogP contribution in [-0.4, -0.2) is 45.2 Å². The summed E-state index contributed by atoms with van der Waals surface area (Å²) in [6.45, 7) is 1.88. The highest BCUT2D eigenvalue weighted by Crippen LogP contribution is 2.09. The molecule has 1 atom stereocenters. The quantitative estimate of drug-likeness (QED) is 0.830. The smallest absolute Gasteiger partial charge is 0.251 e. The van der Waals surface area contributed by atoms with Crippen LogP contribution in [0.5, 0.6) is 0 Å². The fourth-order valence-corrected chi connectivity index (χ4v) is 2.29. The van der Waals surface area contributed by atoms with Gasteiger partial charge in [0.05, 0.1) is 5.69 Å². The molecule has 20 heavy (non-hydrogen) atoms. The van der Waals surface area contributed by atoms with Gasteiger partial charge in [0, 0.05) is 18.2 Å². The van der Waals surface area contributed by atoms with Gasteiger partial charge in [-0.2, -0.15) is 0 Å². The molecule has 0 radical (unpaired) electrons. The second kappa shape index (κ2) is 5.79. The SMILES string of the molecule is O=C(NC1CCCNC1)c1ccc(-n2cnnn2)cc1. The highest BCUT2D eigenvalue weighted by atomic mass is 16.1. The Balaban J connectivity index is 1.66. The summed E-state index contributed by atoms with van der Waals surface area (Å²) in [7, 11) is 0. The van der Waals surface area contributed by atoms with E-state index in [1.54, 1.807) is 16.8 Å². The Hall–Kier alpha value is -2.28. The summed E-state index contributed by atoms with van der Waals surface area (Å²) < 4.78 is 1.55. The number of benzene rings is 1. The van der Waals surface area contributed by atoms with Gasteiger partial charge in [-0.05, 0) is 54.1 Å². The molecule has 1 aromatic heterocycles. The Morgan fingerprint density at radius 2 is 2.20 bits per heavy atom. The first-order chi connectivity index (χ1) is 9.83. The number of piperidine rings is 1. The van der Waals surface area contributed by atoms with E-state index < -0.39 is 0 Å². The van der Waals surface area contributed by atoms with Gasteiger partial charge in [0.1, 0.15) is 6.33 Å². The Kier molecular flexibility index (Phi) is 3.69. The normalized spacial score (nSPS) is 18.7. The van der Waals surface area contributed by atoms with Crippen molar-refractivity contribution in [2.75, 3.05) is 13.1 Å². The zero-order valence-corrected chi connectivity index (χ0v) is 11.0. The minimum Gasteiger partial charge on any atom is -0.348 e. The number of carbonyl (C=O) groups is 1. The van der Waals surface area contributed by atoms with Gasteiger partial charge in [-0.25, -0.2) is 4.68 Å². The van der Waals surface area contributed by atoms with Crippen LogP contribution in [0.25, 0.3) is 5.69 Å². The van der Waals surface area contributed by atoms with Gasteiger partial charge in [-0.15, -0.1) is 5.10 Å². The zero-order valence-electron chi connectivity index (χ0n) is 11.0. The minimum atomic E-state index is -0.0398. The molecular formula is C13H16N6O. The topological polar surface area (TPSA) is 84.7 Å². The summed E-state index contributed by atoms with van der Waals surface area (Å²) in [6, 6.07) is 7.43. The summed E-state index contributed by atoms with van der Waals surface area (Å²) in [4.78, 5) is 12.1. The summed E-state index contributed by atoms with van der Waals surface area (Å²) in [5.41, 5.74) is 1.47. The third-order valence-electron chi connectivity index (χ3n) is 3.38. The molecule has 7 nitrogen and oxygen atoms in total. The van der Waals surface area contributed by atoms with Crippen LogP contribution in [-0.2, 0) is 0 Å². The number of hydrogen-bond acceptors (Lipinski definition) is 5. The summed E-state index contributed by atoms with van der Waals surface area (Å²) in [5, 5.41) is 17.3. The molecule has 2 aromatic rings. The van der Waals surface area contributed by atoms with E-state index in [4.69, 9.17) is 0 Å². The number of nitrogens with one attached hydrogen (secondary N) is 2. The predicted molar refractivity (Wildman–Crippen MR) is 72.5 cm³/mol. The molecule has 0 spiro atoms. The van der Waals surface area contributed by atoms with Crippen LogP contribution in [0.4, 0.5) is 0 Å². The van der Waals surface area contributed by atoms with Crippen LogP contribution in [0, 0.1) is 0 Å². The lowest BCUT2D eigenvalue weighted by atomic mass is 10.1. The zero-order chi connectivity index (χ0) is 13.8. The number of nitrogens with zero attached hydrogens (tertiary/aromatic N) is 4. The summed E-state index contributed by atoms with van der Waals surface area (Å²) in [5.74, 6) is -0.0398. The van der Waals surface area contributed by atoms with E-state index in [9.17, 15) is 4.79 Å². The number of aromatic nitrogens is 4.